The SMILES string of the molecule is CCCCN1C(=O)[C@@H]([C@H](O)C2CCCCC2)NC(=O)C12CCN(Cc1c(C)nn(-c3ccc(C(=O)N4CCCC4)cc3)c1C)CC2. The summed E-state index contributed by atoms with van der Waals surface area (Å²) in [6.07, 6.45) is 9.36. The van der Waals surface area contributed by atoms with Crippen LogP contribution in [0.1, 0.15) is 105 Å². The summed E-state index contributed by atoms with van der Waals surface area (Å²) >= 11 is 0. The van der Waals surface area contributed by atoms with Crippen LogP contribution in [-0.4, -0.2) is 97.7 Å². The van der Waals surface area contributed by atoms with Crippen LogP contribution in [0.25, 0.3) is 5.69 Å². The molecule has 1 saturated carbocycles. The lowest BCUT2D eigenvalue weighted by Gasteiger charge is -2.52. The van der Waals surface area contributed by atoms with Crippen molar-refractivity contribution in [2.45, 2.75) is 116 Å². The number of piperidine rings is 1. The Hall–Kier alpha value is -3.24. The van der Waals surface area contributed by atoms with Crippen LogP contribution in [-0.2, 0) is 16.1 Å². The molecule has 1 aliphatic carbocycles. The molecule has 46 heavy (non-hydrogen) atoms. The lowest BCUT2D eigenvalue weighted by molar-refractivity contribution is -0.166. The van der Waals surface area contributed by atoms with Crippen LogP contribution in [0.15, 0.2) is 24.3 Å². The molecular weight excluding hydrogens is 580 g/mol. The van der Waals surface area contributed by atoms with Crippen LogP contribution in [0, 0.1) is 19.8 Å². The highest BCUT2D eigenvalue weighted by Gasteiger charge is 2.55. The zero-order chi connectivity index (χ0) is 32.4. The van der Waals surface area contributed by atoms with Gasteiger partial charge in [0.25, 0.3) is 5.91 Å². The molecular formula is C36H52N6O4. The summed E-state index contributed by atoms with van der Waals surface area (Å²) in [5, 5.41) is 19.1. The number of aryl methyl sites for hydroxylation is 1. The molecule has 2 N–H and O–H groups in total. The van der Waals surface area contributed by atoms with Gasteiger partial charge in [0.05, 0.1) is 17.5 Å². The Labute approximate surface area is 273 Å². The number of aliphatic hydroxyl groups excluding tert-OH is 1. The van der Waals surface area contributed by atoms with E-state index >= 15 is 0 Å². The van der Waals surface area contributed by atoms with Crippen molar-refractivity contribution in [1.29, 1.82) is 0 Å². The molecule has 3 aliphatic heterocycles. The zero-order valence-electron chi connectivity index (χ0n) is 28.0. The van der Waals surface area contributed by atoms with E-state index in [1.54, 1.807) is 0 Å². The van der Waals surface area contributed by atoms with E-state index in [1.165, 1.54) is 6.42 Å². The van der Waals surface area contributed by atoms with Crippen molar-refractivity contribution in [3.05, 3.63) is 46.8 Å². The van der Waals surface area contributed by atoms with E-state index in [0.717, 1.165) is 87.1 Å². The van der Waals surface area contributed by atoms with E-state index in [2.05, 4.69) is 24.1 Å². The molecule has 0 radical (unpaired) electrons. The highest BCUT2D eigenvalue weighted by atomic mass is 16.3. The van der Waals surface area contributed by atoms with Crippen LogP contribution < -0.4 is 5.32 Å². The van der Waals surface area contributed by atoms with E-state index in [-0.39, 0.29) is 23.6 Å². The fourth-order valence-electron chi connectivity index (χ4n) is 8.26. The van der Waals surface area contributed by atoms with Gasteiger partial charge in [-0.2, -0.15) is 5.10 Å². The Morgan fingerprint density at radius 1 is 1.00 bits per heavy atom. The molecule has 3 amide bonds. The van der Waals surface area contributed by atoms with Crippen molar-refractivity contribution in [1.82, 2.24) is 29.8 Å². The Morgan fingerprint density at radius 2 is 1.67 bits per heavy atom. The predicted octanol–water partition coefficient (Wildman–Crippen LogP) is 4.13. The number of hydrogen-bond donors (Lipinski definition) is 2. The van der Waals surface area contributed by atoms with Gasteiger partial charge in [-0.3, -0.25) is 19.3 Å². The number of rotatable bonds is 9. The molecule has 4 aliphatic rings. The highest BCUT2D eigenvalue weighted by molar-refractivity contribution is 6.00. The average Bonchev–Trinajstić information content (AvgIpc) is 3.72. The van der Waals surface area contributed by atoms with Gasteiger partial charge < -0.3 is 20.2 Å². The molecule has 10 nitrogen and oxygen atoms in total. The number of aromatic nitrogens is 2. The number of nitrogens with zero attached hydrogens (tertiary/aromatic N) is 5. The molecule has 1 aromatic heterocycles. The first kappa shape index (κ1) is 32.7. The predicted molar refractivity (Wildman–Crippen MR) is 177 cm³/mol. The number of hydrogen-bond acceptors (Lipinski definition) is 6. The lowest BCUT2D eigenvalue weighted by Crippen LogP contribution is -2.75. The molecule has 4 fully saturated rings. The van der Waals surface area contributed by atoms with Crippen molar-refractivity contribution in [2.75, 3.05) is 32.7 Å². The van der Waals surface area contributed by atoms with E-state index < -0.39 is 17.7 Å². The molecule has 3 saturated heterocycles. The minimum Gasteiger partial charge on any atom is -0.390 e. The number of piperazine rings is 1. The van der Waals surface area contributed by atoms with Gasteiger partial charge in [0.1, 0.15) is 11.6 Å². The fraction of sp³-hybridized carbons (Fsp3) is 0.667. The second kappa shape index (κ2) is 13.9. The van der Waals surface area contributed by atoms with Crippen molar-refractivity contribution >= 4 is 17.7 Å². The summed E-state index contributed by atoms with van der Waals surface area (Å²) in [5.41, 5.74) is 3.96. The third kappa shape index (κ3) is 6.22. The Bertz CT molecular complexity index is 1400. The minimum absolute atomic E-state index is 0.0645. The number of amides is 3. The number of nitrogens with one attached hydrogen (secondary N) is 1. The first-order valence-electron chi connectivity index (χ1n) is 17.7. The normalized spacial score (nSPS) is 23.3. The third-order valence-corrected chi connectivity index (χ3v) is 11.2. The van der Waals surface area contributed by atoms with Crippen molar-refractivity contribution < 1.29 is 19.5 Å². The summed E-state index contributed by atoms with van der Waals surface area (Å²) in [7, 11) is 0. The summed E-state index contributed by atoms with van der Waals surface area (Å²) in [6.45, 7) is 10.5. The molecule has 1 spiro atoms. The standard InChI is InChI=1S/C36H52N6O4/c1-4-5-21-41-34(45)31(32(43)27-11-7-6-8-12-27)37-35(46)36(41)17-22-39(23-18-36)24-30-25(2)38-42(26(30)3)29-15-13-28(14-16-29)33(44)40-19-9-10-20-40/h13-16,27,31-32,43H,4-12,17-24H2,1-3H3,(H,37,46)/t31-,32-/m1/s1. The third-order valence-electron chi connectivity index (χ3n) is 11.2. The fourth-order valence-corrected chi connectivity index (χ4v) is 8.26. The number of likely N-dealkylation sites (tertiary alicyclic amines) is 2. The smallest absolute Gasteiger partial charge is 0.253 e. The second-order valence-corrected chi connectivity index (χ2v) is 14.1. The molecule has 2 aromatic rings. The summed E-state index contributed by atoms with van der Waals surface area (Å²) in [6, 6.07) is 6.89. The second-order valence-electron chi connectivity index (χ2n) is 14.1. The van der Waals surface area contributed by atoms with Crippen LogP contribution in [0.5, 0.6) is 0 Å². The Morgan fingerprint density at radius 3 is 2.33 bits per heavy atom. The van der Waals surface area contributed by atoms with Gasteiger partial charge in [-0.1, -0.05) is 32.6 Å². The van der Waals surface area contributed by atoms with Crippen LogP contribution >= 0.6 is 0 Å². The molecule has 6 rings (SSSR count). The molecule has 4 heterocycles. The monoisotopic (exact) mass is 632 g/mol. The minimum atomic E-state index is -0.867. The largest absolute Gasteiger partial charge is 0.390 e. The molecule has 2 atom stereocenters. The topological polar surface area (TPSA) is 111 Å². The van der Waals surface area contributed by atoms with Crippen LogP contribution in [0.2, 0.25) is 0 Å². The summed E-state index contributed by atoms with van der Waals surface area (Å²) in [4.78, 5) is 46.8. The van der Waals surface area contributed by atoms with Gasteiger partial charge >= 0.3 is 0 Å². The molecule has 1 aromatic carbocycles. The van der Waals surface area contributed by atoms with Gasteiger partial charge in [0, 0.05) is 56.1 Å². The number of carbonyl (C=O) groups excluding carboxylic acids is 3. The maximum absolute atomic E-state index is 14.0. The van der Waals surface area contributed by atoms with Gasteiger partial charge in [0.15, 0.2) is 0 Å². The van der Waals surface area contributed by atoms with E-state index in [4.69, 9.17) is 5.10 Å². The molecule has 0 unspecified atom stereocenters. The number of unbranched alkanes of at least 4 members (excludes halogenated alkanes) is 1. The summed E-state index contributed by atoms with van der Waals surface area (Å²) in [5.74, 6) is -0.0524. The van der Waals surface area contributed by atoms with Crippen molar-refractivity contribution in [3.63, 3.8) is 0 Å². The number of carbonyl (C=O) groups is 3. The van der Waals surface area contributed by atoms with Gasteiger partial charge in [-0.05, 0) is 89.0 Å². The molecule has 0 bridgehead atoms. The summed E-state index contributed by atoms with van der Waals surface area (Å²) < 4.78 is 1.96. The van der Waals surface area contributed by atoms with Gasteiger partial charge in [-0.15, -0.1) is 0 Å². The highest BCUT2D eigenvalue weighted by Crippen LogP contribution is 2.37. The Balaban J connectivity index is 1.13. The number of aliphatic hydroxyl groups is 1. The van der Waals surface area contributed by atoms with Crippen molar-refractivity contribution in [3.8, 4) is 5.69 Å². The molecule has 10 heteroatoms. The van der Waals surface area contributed by atoms with Gasteiger partial charge in [0.2, 0.25) is 11.8 Å². The van der Waals surface area contributed by atoms with E-state index in [9.17, 15) is 19.5 Å². The molecule has 250 valence electrons. The average molecular weight is 633 g/mol. The van der Waals surface area contributed by atoms with Gasteiger partial charge in [-0.25, -0.2) is 4.68 Å². The lowest BCUT2D eigenvalue weighted by atomic mass is 9.78. The van der Waals surface area contributed by atoms with Crippen LogP contribution in [0.3, 0.4) is 0 Å². The maximum atomic E-state index is 14.0. The van der Waals surface area contributed by atoms with Crippen LogP contribution in [0.4, 0.5) is 0 Å². The first-order valence-corrected chi connectivity index (χ1v) is 17.7. The van der Waals surface area contributed by atoms with E-state index in [1.807, 2.05) is 45.7 Å². The zero-order valence-corrected chi connectivity index (χ0v) is 28.0. The van der Waals surface area contributed by atoms with Crippen molar-refractivity contribution in [2.24, 2.45) is 5.92 Å². The first-order chi connectivity index (χ1) is 22.2. The number of benzene rings is 1. The Kier molecular flexibility index (Phi) is 9.85. The maximum Gasteiger partial charge on any atom is 0.253 e. The quantitative estimate of drug-likeness (QED) is 0.430. The van der Waals surface area contributed by atoms with E-state index in [0.29, 0.717) is 44.6 Å².